The molecule has 0 saturated heterocycles. The average Bonchev–Trinajstić information content (AvgIpc) is 3.03. The van der Waals surface area contributed by atoms with Gasteiger partial charge in [-0.2, -0.15) is 0 Å². The molecule has 0 bridgehead atoms. The molecule has 0 unspecified atom stereocenters. The molecule has 0 fully saturated rings. The second kappa shape index (κ2) is 8.74. The second-order valence-corrected chi connectivity index (χ2v) is 6.87. The normalized spacial score (nSPS) is 16.4. The number of ether oxygens (including phenoxy) is 3. The summed E-state index contributed by atoms with van der Waals surface area (Å²) >= 11 is 1.10. The number of rotatable bonds is 5. The van der Waals surface area contributed by atoms with Crippen molar-refractivity contribution < 1.29 is 29.2 Å². The lowest BCUT2D eigenvalue weighted by Gasteiger charge is -2.08. The van der Waals surface area contributed by atoms with Crippen LogP contribution in [0.3, 0.4) is 0 Å². The molecule has 0 aromatic heterocycles. The van der Waals surface area contributed by atoms with E-state index < -0.39 is 5.97 Å². The third-order valence-corrected chi connectivity index (χ3v) is 5.12. The number of phenolic OH excluding ortho intramolecular Hbond substituents is 1. The van der Waals surface area contributed by atoms with Crippen LogP contribution >= 0.6 is 11.8 Å². The van der Waals surface area contributed by atoms with Gasteiger partial charge in [-0.05, 0) is 24.3 Å². The highest BCUT2D eigenvalue weighted by molar-refractivity contribution is 8.18. The van der Waals surface area contributed by atoms with Gasteiger partial charge in [0.2, 0.25) is 0 Å². The van der Waals surface area contributed by atoms with Crippen molar-refractivity contribution in [1.82, 2.24) is 0 Å². The third-order valence-electron chi connectivity index (χ3n) is 4.10. The molecule has 29 heavy (non-hydrogen) atoms. The predicted molar refractivity (Wildman–Crippen MR) is 112 cm³/mol. The fraction of sp³-hybridized carbons (Fsp3) is 0.143. The molecule has 1 aliphatic heterocycles. The number of hydrogen-bond donors (Lipinski definition) is 2. The zero-order valence-corrected chi connectivity index (χ0v) is 16.8. The van der Waals surface area contributed by atoms with E-state index >= 15 is 0 Å². The molecule has 1 heterocycles. The number of aliphatic hydroxyl groups is 1. The van der Waals surface area contributed by atoms with E-state index in [0.29, 0.717) is 27.7 Å². The minimum absolute atomic E-state index is 0.0473. The van der Waals surface area contributed by atoms with Crippen LogP contribution in [-0.4, -0.2) is 42.6 Å². The molecular formula is C21H19NO6S. The third kappa shape index (κ3) is 4.22. The van der Waals surface area contributed by atoms with Gasteiger partial charge in [0.1, 0.15) is 22.1 Å². The van der Waals surface area contributed by atoms with Gasteiger partial charge in [-0.1, -0.05) is 30.0 Å². The monoisotopic (exact) mass is 413 g/mol. The van der Waals surface area contributed by atoms with E-state index in [1.165, 1.54) is 27.4 Å². The summed E-state index contributed by atoms with van der Waals surface area (Å²) in [4.78, 5) is 17.1. The summed E-state index contributed by atoms with van der Waals surface area (Å²) in [6.45, 7) is 0. The van der Waals surface area contributed by atoms with E-state index in [1.807, 2.05) is 0 Å². The molecule has 2 aromatic carbocycles. The summed E-state index contributed by atoms with van der Waals surface area (Å²) in [5, 5.41) is 20.9. The molecule has 1 aliphatic rings. The smallest absolute Gasteiger partial charge is 0.344 e. The van der Waals surface area contributed by atoms with Crippen molar-refractivity contribution in [2.24, 2.45) is 4.99 Å². The zero-order valence-electron chi connectivity index (χ0n) is 16.0. The Hall–Kier alpha value is -3.39. The van der Waals surface area contributed by atoms with Crippen LogP contribution in [-0.2, 0) is 9.53 Å². The van der Waals surface area contributed by atoms with E-state index in [9.17, 15) is 15.0 Å². The molecule has 2 aromatic rings. The Labute approximate surface area is 171 Å². The van der Waals surface area contributed by atoms with Crippen LogP contribution in [0.25, 0.3) is 6.08 Å². The number of thioether (sulfide) groups is 1. The van der Waals surface area contributed by atoms with Gasteiger partial charge in [0.25, 0.3) is 0 Å². The van der Waals surface area contributed by atoms with E-state index in [-0.39, 0.29) is 22.1 Å². The lowest BCUT2D eigenvalue weighted by molar-refractivity contribution is -0.135. The van der Waals surface area contributed by atoms with Gasteiger partial charge < -0.3 is 24.4 Å². The number of hydrogen-bond acceptors (Lipinski definition) is 8. The first-order valence-corrected chi connectivity index (χ1v) is 9.30. The number of esters is 1. The van der Waals surface area contributed by atoms with Crippen LogP contribution in [0.5, 0.6) is 17.2 Å². The maximum absolute atomic E-state index is 12.3. The number of aliphatic imine (C=N–C) groups is 1. The topological polar surface area (TPSA) is 97.6 Å². The van der Waals surface area contributed by atoms with Crippen LogP contribution in [0.1, 0.15) is 5.56 Å². The molecule has 3 rings (SSSR count). The number of methoxy groups -OCH3 is 3. The predicted octanol–water partition coefficient (Wildman–Crippen LogP) is 4.21. The first-order chi connectivity index (χ1) is 14.0. The summed E-state index contributed by atoms with van der Waals surface area (Å²) < 4.78 is 15.3. The number of nitrogens with zero attached hydrogens (tertiary/aromatic N) is 1. The van der Waals surface area contributed by atoms with Gasteiger partial charge in [-0.3, -0.25) is 0 Å². The van der Waals surface area contributed by atoms with Gasteiger partial charge in [-0.25, -0.2) is 9.79 Å². The molecule has 0 amide bonds. The van der Waals surface area contributed by atoms with Crippen molar-refractivity contribution in [2.75, 3.05) is 21.3 Å². The summed E-state index contributed by atoms with van der Waals surface area (Å²) in [5.41, 5.74) is 0.954. The SMILES string of the molecule is COC(=O)C1=C(O)C(=Cc2ccccc2O)SC1=Nc1ccc(OC)c(OC)c1. The Bertz CT molecular complexity index is 1040. The minimum Gasteiger partial charge on any atom is -0.507 e. The molecule has 7 nitrogen and oxygen atoms in total. The van der Waals surface area contributed by atoms with Crippen LogP contribution < -0.4 is 9.47 Å². The summed E-state index contributed by atoms with van der Waals surface area (Å²) in [5.74, 6) is 0.106. The molecular weight excluding hydrogens is 394 g/mol. The minimum atomic E-state index is -0.713. The molecule has 150 valence electrons. The maximum Gasteiger partial charge on any atom is 0.344 e. The molecule has 8 heteroatoms. The van der Waals surface area contributed by atoms with E-state index in [1.54, 1.807) is 42.5 Å². The van der Waals surface area contributed by atoms with E-state index in [0.717, 1.165) is 11.8 Å². The van der Waals surface area contributed by atoms with Crippen LogP contribution in [0.15, 0.2) is 63.7 Å². The van der Waals surface area contributed by atoms with Crippen molar-refractivity contribution in [2.45, 2.75) is 0 Å². The van der Waals surface area contributed by atoms with Crippen molar-refractivity contribution in [3.8, 4) is 17.2 Å². The largest absolute Gasteiger partial charge is 0.507 e. The quantitative estimate of drug-likeness (QED) is 0.709. The van der Waals surface area contributed by atoms with E-state index in [4.69, 9.17) is 14.2 Å². The van der Waals surface area contributed by atoms with Crippen LogP contribution in [0, 0.1) is 0 Å². The fourth-order valence-electron chi connectivity index (χ4n) is 2.65. The van der Waals surface area contributed by atoms with Gasteiger partial charge in [0.15, 0.2) is 11.5 Å². The zero-order chi connectivity index (χ0) is 21.0. The Kier molecular flexibility index (Phi) is 6.13. The van der Waals surface area contributed by atoms with Crippen molar-refractivity contribution in [1.29, 1.82) is 0 Å². The van der Waals surface area contributed by atoms with Crippen molar-refractivity contribution >= 4 is 34.5 Å². The van der Waals surface area contributed by atoms with Crippen molar-refractivity contribution in [3.05, 3.63) is 64.3 Å². The molecule has 0 saturated carbocycles. The lowest BCUT2D eigenvalue weighted by Crippen LogP contribution is -2.10. The summed E-state index contributed by atoms with van der Waals surface area (Å²) in [6, 6.07) is 11.7. The summed E-state index contributed by atoms with van der Waals surface area (Å²) in [7, 11) is 4.27. The van der Waals surface area contributed by atoms with Gasteiger partial charge in [0, 0.05) is 11.6 Å². The number of phenols is 1. The van der Waals surface area contributed by atoms with Crippen LogP contribution in [0.2, 0.25) is 0 Å². The standard InChI is InChI=1S/C21H19NO6S/c1-26-15-9-8-13(11-16(15)27-2)22-20-18(21(25)28-3)19(24)17(29-20)10-12-6-4-5-7-14(12)23/h4-11,23-24H,1-3H3. The maximum atomic E-state index is 12.3. The van der Waals surface area contributed by atoms with Crippen molar-refractivity contribution in [3.63, 3.8) is 0 Å². The second-order valence-electron chi connectivity index (χ2n) is 5.84. The number of aromatic hydroxyl groups is 1. The highest BCUT2D eigenvalue weighted by atomic mass is 32.2. The van der Waals surface area contributed by atoms with Gasteiger partial charge >= 0.3 is 5.97 Å². The van der Waals surface area contributed by atoms with E-state index in [2.05, 4.69) is 4.99 Å². The number of carbonyl (C=O) groups is 1. The number of para-hydroxylation sites is 1. The van der Waals surface area contributed by atoms with Gasteiger partial charge in [-0.15, -0.1) is 0 Å². The Balaban J connectivity index is 2.06. The fourth-order valence-corrected chi connectivity index (χ4v) is 3.68. The first kappa shape index (κ1) is 20.3. The van der Waals surface area contributed by atoms with Crippen LogP contribution in [0.4, 0.5) is 5.69 Å². The Morgan fingerprint density at radius 3 is 2.41 bits per heavy atom. The lowest BCUT2D eigenvalue weighted by atomic mass is 10.1. The highest BCUT2D eigenvalue weighted by Gasteiger charge is 2.33. The Morgan fingerprint density at radius 1 is 1.03 bits per heavy atom. The molecule has 2 N–H and O–H groups in total. The number of carbonyl (C=O) groups excluding carboxylic acids is 1. The number of aliphatic hydroxyl groups excluding tert-OH is 1. The average molecular weight is 413 g/mol. The Morgan fingerprint density at radius 2 is 1.76 bits per heavy atom. The molecule has 0 spiro atoms. The summed E-state index contributed by atoms with van der Waals surface area (Å²) in [6.07, 6.45) is 1.58. The highest BCUT2D eigenvalue weighted by Crippen LogP contribution is 2.41. The molecule has 0 atom stereocenters. The first-order valence-electron chi connectivity index (χ1n) is 8.49. The number of benzene rings is 2. The molecule has 0 aliphatic carbocycles. The van der Waals surface area contributed by atoms with Gasteiger partial charge in [0.05, 0.1) is 31.9 Å². The molecule has 0 radical (unpaired) electrons.